The highest BCUT2D eigenvalue weighted by atomic mass is 19.1. The average Bonchev–Trinajstić information content (AvgIpc) is 2.61. The molecule has 1 aliphatic rings. The fraction of sp³-hybridized carbons (Fsp3) is 0.684. The third kappa shape index (κ3) is 6.04. The summed E-state index contributed by atoms with van der Waals surface area (Å²) in [7, 11) is 3.36. The fourth-order valence-corrected chi connectivity index (χ4v) is 3.47. The standard InChI is InChI=1S/C19H30FNO3/c1-22-12-9-21-8-5-16(15-6-10-24-11-7-15)13-17-14-18(20)3-4-19(17)23-2/h3-4,14-16,21H,5-13H2,1-2H3. The molecule has 1 heterocycles. The van der Waals surface area contributed by atoms with Crippen molar-refractivity contribution in [2.24, 2.45) is 11.8 Å². The number of rotatable bonds is 10. The molecule has 0 saturated carbocycles. The first-order valence-electron chi connectivity index (χ1n) is 8.84. The van der Waals surface area contributed by atoms with Gasteiger partial charge >= 0.3 is 0 Å². The third-order valence-corrected chi connectivity index (χ3v) is 4.83. The zero-order valence-corrected chi connectivity index (χ0v) is 14.9. The Labute approximate surface area is 144 Å². The Balaban J connectivity index is 2.00. The van der Waals surface area contributed by atoms with E-state index < -0.39 is 0 Å². The largest absolute Gasteiger partial charge is 0.496 e. The van der Waals surface area contributed by atoms with E-state index in [-0.39, 0.29) is 5.82 Å². The van der Waals surface area contributed by atoms with Crippen molar-refractivity contribution in [3.05, 3.63) is 29.6 Å². The summed E-state index contributed by atoms with van der Waals surface area (Å²) < 4.78 is 29.7. The molecule has 136 valence electrons. The highest BCUT2D eigenvalue weighted by molar-refractivity contribution is 5.34. The van der Waals surface area contributed by atoms with Crippen LogP contribution in [0.1, 0.15) is 24.8 Å². The van der Waals surface area contributed by atoms with Crippen LogP contribution in [0.25, 0.3) is 0 Å². The van der Waals surface area contributed by atoms with Crippen molar-refractivity contribution in [3.63, 3.8) is 0 Å². The summed E-state index contributed by atoms with van der Waals surface area (Å²) in [6.45, 7) is 4.19. The van der Waals surface area contributed by atoms with E-state index in [0.29, 0.717) is 11.8 Å². The smallest absolute Gasteiger partial charge is 0.123 e. The van der Waals surface area contributed by atoms with Crippen LogP contribution in [0.4, 0.5) is 4.39 Å². The van der Waals surface area contributed by atoms with E-state index in [1.807, 2.05) is 0 Å². The van der Waals surface area contributed by atoms with Gasteiger partial charge in [0.05, 0.1) is 13.7 Å². The molecule has 1 unspecified atom stereocenters. The van der Waals surface area contributed by atoms with E-state index in [1.165, 1.54) is 6.07 Å². The molecular weight excluding hydrogens is 309 g/mol. The lowest BCUT2D eigenvalue weighted by atomic mass is 9.80. The van der Waals surface area contributed by atoms with Gasteiger partial charge in [0, 0.05) is 26.9 Å². The Morgan fingerprint density at radius 3 is 2.75 bits per heavy atom. The second-order valence-corrected chi connectivity index (χ2v) is 6.40. The molecule has 0 spiro atoms. The molecule has 0 radical (unpaired) electrons. The Kier molecular flexibility index (Phi) is 8.50. The average molecular weight is 339 g/mol. The molecule has 0 amide bonds. The monoisotopic (exact) mass is 339 g/mol. The minimum atomic E-state index is -0.199. The first-order chi connectivity index (χ1) is 11.7. The zero-order chi connectivity index (χ0) is 17.2. The Morgan fingerprint density at radius 2 is 2.04 bits per heavy atom. The van der Waals surface area contributed by atoms with E-state index >= 15 is 0 Å². The Hall–Kier alpha value is -1.17. The van der Waals surface area contributed by atoms with Crippen molar-refractivity contribution >= 4 is 0 Å². The molecule has 24 heavy (non-hydrogen) atoms. The second kappa shape index (κ2) is 10.6. The molecule has 5 heteroatoms. The lowest BCUT2D eigenvalue weighted by Gasteiger charge is -2.31. The van der Waals surface area contributed by atoms with E-state index in [4.69, 9.17) is 14.2 Å². The maximum atomic E-state index is 13.7. The molecule has 1 N–H and O–H groups in total. The van der Waals surface area contributed by atoms with Gasteiger partial charge in [0.2, 0.25) is 0 Å². The predicted octanol–water partition coefficient (Wildman–Crippen LogP) is 3.05. The molecule has 1 aliphatic heterocycles. The first-order valence-corrected chi connectivity index (χ1v) is 8.84. The molecule has 0 aliphatic carbocycles. The minimum Gasteiger partial charge on any atom is -0.496 e. The van der Waals surface area contributed by atoms with Crippen LogP contribution in [-0.2, 0) is 15.9 Å². The van der Waals surface area contributed by atoms with Crippen molar-refractivity contribution in [2.75, 3.05) is 47.1 Å². The van der Waals surface area contributed by atoms with Crippen LogP contribution in [-0.4, -0.2) is 47.1 Å². The Bertz CT molecular complexity index is 478. The number of hydrogen-bond acceptors (Lipinski definition) is 4. The predicted molar refractivity (Wildman–Crippen MR) is 93.1 cm³/mol. The van der Waals surface area contributed by atoms with Gasteiger partial charge in [-0.15, -0.1) is 0 Å². The molecule has 0 bridgehead atoms. The maximum Gasteiger partial charge on any atom is 0.123 e. The second-order valence-electron chi connectivity index (χ2n) is 6.40. The quantitative estimate of drug-likeness (QED) is 0.665. The van der Waals surface area contributed by atoms with Crippen LogP contribution >= 0.6 is 0 Å². The van der Waals surface area contributed by atoms with Gasteiger partial charge in [0.1, 0.15) is 11.6 Å². The summed E-state index contributed by atoms with van der Waals surface area (Å²) >= 11 is 0. The van der Waals surface area contributed by atoms with Crippen molar-refractivity contribution < 1.29 is 18.6 Å². The lowest BCUT2D eigenvalue weighted by Crippen LogP contribution is -2.29. The Morgan fingerprint density at radius 1 is 1.25 bits per heavy atom. The number of ether oxygens (including phenoxy) is 3. The number of halogens is 1. The van der Waals surface area contributed by atoms with Crippen LogP contribution in [0.2, 0.25) is 0 Å². The van der Waals surface area contributed by atoms with Crippen molar-refractivity contribution in [1.82, 2.24) is 5.32 Å². The van der Waals surface area contributed by atoms with Crippen LogP contribution in [0.5, 0.6) is 5.75 Å². The van der Waals surface area contributed by atoms with Crippen LogP contribution in [0.3, 0.4) is 0 Å². The summed E-state index contributed by atoms with van der Waals surface area (Å²) in [6, 6.07) is 4.80. The van der Waals surface area contributed by atoms with Crippen LogP contribution < -0.4 is 10.1 Å². The minimum absolute atomic E-state index is 0.199. The van der Waals surface area contributed by atoms with Gasteiger partial charge in [0.25, 0.3) is 0 Å². The van der Waals surface area contributed by atoms with E-state index in [0.717, 1.165) is 69.9 Å². The summed E-state index contributed by atoms with van der Waals surface area (Å²) in [5, 5.41) is 3.42. The first kappa shape index (κ1) is 19.2. The van der Waals surface area contributed by atoms with Gasteiger partial charge in [-0.2, -0.15) is 0 Å². The van der Waals surface area contributed by atoms with E-state index in [2.05, 4.69) is 5.32 Å². The topological polar surface area (TPSA) is 39.7 Å². The van der Waals surface area contributed by atoms with Crippen molar-refractivity contribution in [3.8, 4) is 5.75 Å². The summed E-state index contributed by atoms with van der Waals surface area (Å²) in [5.74, 6) is 1.70. The highest BCUT2D eigenvalue weighted by Crippen LogP contribution is 2.32. The molecule has 1 fully saturated rings. The number of hydrogen-bond donors (Lipinski definition) is 1. The molecular formula is C19H30FNO3. The van der Waals surface area contributed by atoms with Gasteiger partial charge in [-0.1, -0.05) is 0 Å². The SMILES string of the molecule is COCCNCCC(Cc1cc(F)ccc1OC)C1CCOCC1. The van der Waals surface area contributed by atoms with Gasteiger partial charge in [-0.05, 0) is 67.8 Å². The number of nitrogens with one attached hydrogen (secondary N) is 1. The zero-order valence-electron chi connectivity index (χ0n) is 14.9. The van der Waals surface area contributed by atoms with Crippen molar-refractivity contribution in [1.29, 1.82) is 0 Å². The normalized spacial score (nSPS) is 17.0. The van der Waals surface area contributed by atoms with Crippen LogP contribution in [0, 0.1) is 17.7 Å². The summed E-state index contributed by atoms with van der Waals surface area (Å²) in [6.07, 6.45) is 4.08. The summed E-state index contributed by atoms with van der Waals surface area (Å²) in [4.78, 5) is 0. The van der Waals surface area contributed by atoms with Gasteiger partial charge in [-0.3, -0.25) is 0 Å². The van der Waals surface area contributed by atoms with Gasteiger partial charge < -0.3 is 19.5 Å². The van der Waals surface area contributed by atoms with Gasteiger partial charge in [0.15, 0.2) is 0 Å². The molecule has 4 nitrogen and oxygen atoms in total. The maximum absolute atomic E-state index is 13.7. The highest BCUT2D eigenvalue weighted by Gasteiger charge is 2.25. The van der Waals surface area contributed by atoms with Gasteiger partial charge in [-0.25, -0.2) is 4.39 Å². The molecule has 1 aromatic carbocycles. The molecule has 1 saturated heterocycles. The molecule has 1 atom stereocenters. The van der Waals surface area contributed by atoms with Crippen LogP contribution in [0.15, 0.2) is 18.2 Å². The summed E-state index contributed by atoms with van der Waals surface area (Å²) in [5.41, 5.74) is 0.964. The number of methoxy groups -OCH3 is 2. The lowest BCUT2D eigenvalue weighted by molar-refractivity contribution is 0.0447. The fourth-order valence-electron chi connectivity index (χ4n) is 3.47. The third-order valence-electron chi connectivity index (χ3n) is 4.83. The van der Waals surface area contributed by atoms with Crippen molar-refractivity contribution in [2.45, 2.75) is 25.7 Å². The molecule has 2 rings (SSSR count). The molecule has 0 aromatic heterocycles. The molecule has 1 aromatic rings. The van der Waals surface area contributed by atoms with E-state index in [9.17, 15) is 4.39 Å². The number of benzene rings is 1. The van der Waals surface area contributed by atoms with E-state index in [1.54, 1.807) is 26.4 Å².